The first kappa shape index (κ1) is 24.0. The van der Waals surface area contributed by atoms with Gasteiger partial charge in [-0.25, -0.2) is 9.59 Å². The van der Waals surface area contributed by atoms with Crippen molar-refractivity contribution in [2.45, 2.75) is 31.7 Å². The Kier molecular flexibility index (Phi) is 6.85. The maximum Gasteiger partial charge on any atom is 0.431 e. The van der Waals surface area contributed by atoms with Gasteiger partial charge in [0.15, 0.2) is 17.9 Å². The zero-order valence-electron chi connectivity index (χ0n) is 18.4. The van der Waals surface area contributed by atoms with Crippen LogP contribution in [0.5, 0.6) is 5.75 Å². The van der Waals surface area contributed by atoms with Crippen LogP contribution in [0.25, 0.3) is 16.8 Å². The van der Waals surface area contributed by atoms with Crippen LogP contribution in [0.1, 0.15) is 24.7 Å². The Labute approximate surface area is 197 Å². The Morgan fingerprint density at radius 1 is 1.23 bits per heavy atom. The van der Waals surface area contributed by atoms with E-state index in [1.165, 1.54) is 12.2 Å². The van der Waals surface area contributed by atoms with Gasteiger partial charge >= 0.3 is 17.8 Å². The Balaban J connectivity index is 1.62. The molecule has 0 bridgehead atoms. The highest BCUT2D eigenvalue weighted by Crippen LogP contribution is 2.28. The van der Waals surface area contributed by atoms with E-state index in [-0.39, 0.29) is 24.4 Å². The lowest BCUT2D eigenvalue weighted by Crippen LogP contribution is -2.31. The Bertz CT molecular complexity index is 1350. The van der Waals surface area contributed by atoms with Crippen LogP contribution in [0, 0.1) is 0 Å². The van der Waals surface area contributed by atoms with Gasteiger partial charge in [0.25, 0.3) is 0 Å². The molecule has 0 spiro atoms. The number of fused-ring (bicyclic) bond motifs is 1. The maximum atomic E-state index is 13.1. The van der Waals surface area contributed by atoms with Crippen LogP contribution in [0.2, 0.25) is 0 Å². The minimum Gasteiger partial charge on any atom is -0.482 e. The van der Waals surface area contributed by atoms with Crippen molar-refractivity contribution in [2.75, 3.05) is 6.61 Å². The fraction of sp³-hybridized carbons (Fsp3) is 0.250. The fourth-order valence-corrected chi connectivity index (χ4v) is 3.45. The summed E-state index contributed by atoms with van der Waals surface area (Å²) in [5.41, 5.74) is -2.53. The molecule has 1 aliphatic heterocycles. The second kappa shape index (κ2) is 10.00. The predicted octanol–water partition coefficient (Wildman–Crippen LogP) is 4.11. The molecular formula is C24H20F3N3O5. The van der Waals surface area contributed by atoms with Gasteiger partial charge in [0.2, 0.25) is 0 Å². The van der Waals surface area contributed by atoms with Gasteiger partial charge < -0.3 is 19.3 Å². The standard InChI is InChI=1S/C24H20F3N3O5/c1-2-33-22(31)18-13-20(35-30-18)19(34-17-9-7-14-5-3-4-6-15(14)11-17)10-8-16-12-21(24(25,26)27)29-23(32)28-16/h3-12,19-20H,2,13H2,1H3,(H,28,29,32). The fourth-order valence-electron chi connectivity index (χ4n) is 3.45. The Morgan fingerprint density at radius 3 is 2.74 bits per heavy atom. The molecule has 0 aliphatic carbocycles. The largest absolute Gasteiger partial charge is 0.482 e. The minimum atomic E-state index is -4.75. The quantitative estimate of drug-likeness (QED) is 0.503. The van der Waals surface area contributed by atoms with Gasteiger partial charge in [-0.15, -0.1) is 0 Å². The van der Waals surface area contributed by atoms with Gasteiger partial charge in [0, 0.05) is 6.42 Å². The summed E-state index contributed by atoms with van der Waals surface area (Å²) in [5, 5.41) is 5.67. The zero-order chi connectivity index (χ0) is 25.0. The third-order valence-corrected chi connectivity index (χ3v) is 5.09. The lowest BCUT2D eigenvalue weighted by molar-refractivity contribution is -0.141. The average molecular weight is 487 g/mol. The summed E-state index contributed by atoms with van der Waals surface area (Å²) >= 11 is 0. The number of ether oxygens (including phenoxy) is 2. The molecule has 3 aromatic rings. The normalized spacial score (nSPS) is 16.7. The van der Waals surface area contributed by atoms with Gasteiger partial charge in [-0.3, -0.25) is 0 Å². The smallest absolute Gasteiger partial charge is 0.431 e. The number of hydrogen-bond donors (Lipinski definition) is 1. The molecule has 0 fully saturated rings. The van der Waals surface area contributed by atoms with Crippen LogP contribution >= 0.6 is 0 Å². The number of nitrogens with zero attached hydrogens (tertiary/aromatic N) is 2. The summed E-state index contributed by atoms with van der Waals surface area (Å²) in [6.45, 7) is 1.82. The van der Waals surface area contributed by atoms with Gasteiger partial charge in [-0.2, -0.15) is 18.2 Å². The number of aromatic nitrogens is 2. The van der Waals surface area contributed by atoms with Gasteiger partial charge in [-0.1, -0.05) is 35.5 Å². The third kappa shape index (κ3) is 5.86. The van der Waals surface area contributed by atoms with Crippen molar-refractivity contribution >= 4 is 28.5 Å². The van der Waals surface area contributed by atoms with Crippen LogP contribution in [0.4, 0.5) is 13.2 Å². The van der Waals surface area contributed by atoms with E-state index in [0.717, 1.165) is 10.8 Å². The number of esters is 1. The van der Waals surface area contributed by atoms with Crippen LogP contribution in [0.3, 0.4) is 0 Å². The van der Waals surface area contributed by atoms with E-state index >= 15 is 0 Å². The Morgan fingerprint density at radius 2 is 2.00 bits per heavy atom. The van der Waals surface area contributed by atoms with Crippen molar-refractivity contribution in [2.24, 2.45) is 5.16 Å². The summed E-state index contributed by atoms with van der Waals surface area (Å²) in [6, 6.07) is 13.7. The summed E-state index contributed by atoms with van der Waals surface area (Å²) in [7, 11) is 0. The van der Waals surface area contributed by atoms with Crippen LogP contribution in [0.15, 0.2) is 64.6 Å². The number of alkyl halides is 3. The van der Waals surface area contributed by atoms with Crippen molar-refractivity contribution in [3.8, 4) is 5.75 Å². The molecular weight excluding hydrogens is 467 g/mol. The topological polar surface area (TPSA) is 103 Å². The SMILES string of the molecule is CCOC(=O)C1=NOC(C(C=Cc2cc(C(F)(F)F)[nH]c(=O)n2)Oc2ccc3ccccc3c2)C1. The van der Waals surface area contributed by atoms with Crippen LogP contribution in [-0.2, 0) is 20.5 Å². The maximum absolute atomic E-state index is 13.1. The predicted molar refractivity (Wildman–Crippen MR) is 121 cm³/mol. The number of H-pyrrole nitrogens is 1. The molecule has 35 heavy (non-hydrogen) atoms. The molecule has 11 heteroatoms. The van der Waals surface area contributed by atoms with E-state index in [1.54, 1.807) is 24.0 Å². The summed E-state index contributed by atoms with van der Waals surface area (Å²) in [5.74, 6) is -0.170. The number of carbonyl (C=O) groups is 1. The number of aromatic amines is 1. The molecule has 2 atom stereocenters. The number of hydrogen-bond acceptors (Lipinski definition) is 7. The number of oxime groups is 1. The molecule has 2 unspecified atom stereocenters. The second-order valence-corrected chi connectivity index (χ2v) is 7.58. The first-order chi connectivity index (χ1) is 16.7. The molecule has 0 saturated carbocycles. The summed E-state index contributed by atoms with van der Waals surface area (Å²) < 4.78 is 50.2. The molecule has 2 heterocycles. The van der Waals surface area contributed by atoms with E-state index in [9.17, 15) is 22.8 Å². The number of halogens is 3. The van der Waals surface area contributed by atoms with Crippen molar-refractivity contribution in [1.29, 1.82) is 0 Å². The van der Waals surface area contributed by atoms with E-state index < -0.39 is 35.7 Å². The molecule has 1 aliphatic rings. The highest BCUT2D eigenvalue weighted by Gasteiger charge is 2.34. The highest BCUT2D eigenvalue weighted by molar-refractivity contribution is 6.36. The van der Waals surface area contributed by atoms with Gasteiger partial charge in [0.1, 0.15) is 11.4 Å². The van der Waals surface area contributed by atoms with Gasteiger partial charge in [-0.05, 0) is 48.0 Å². The van der Waals surface area contributed by atoms with Gasteiger partial charge in [0.05, 0.1) is 12.3 Å². The van der Waals surface area contributed by atoms with Crippen LogP contribution < -0.4 is 10.4 Å². The average Bonchev–Trinajstić information content (AvgIpc) is 3.31. The number of nitrogens with one attached hydrogen (secondary N) is 1. The number of benzene rings is 2. The number of rotatable bonds is 7. The molecule has 182 valence electrons. The third-order valence-electron chi connectivity index (χ3n) is 5.09. The second-order valence-electron chi connectivity index (χ2n) is 7.58. The summed E-state index contributed by atoms with van der Waals surface area (Å²) in [6.07, 6.45) is -3.72. The molecule has 0 radical (unpaired) electrons. The lowest BCUT2D eigenvalue weighted by atomic mass is 10.1. The van der Waals surface area contributed by atoms with E-state index in [4.69, 9.17) is 14.3 Å². The lowest BCUT2D eigenvalue weighted by Gasteiger charge is -2.20. The molecule has 1 aromatic heterocycles. The van der Waals surface area contributed by atoms with Crippen molar-refractivity contribution in [3.05, 3.63) is 76.5 Å². The van der Waals surface area contributed by atoms with E-state index in [2.05, 4.69) is 10.1 Å². The molecule has 4 rings (SSSR count). The summed E-state index contributed by atoms with van der Waals surface area (Å²) in [4.78, 5) is 34.3. The molecule has 1 N–H and O–H groups in total. The van der Waals surface area contributed by atoms with E-state index in [0.29, 0.717) is 11.8 Å². The minimum absolute atomic E-state index is 0.0536. The number of carbonyl (C=O) groups excluding carboxylic acids is 1. The molecule has 0 amide bonds. The molecule has 2 aromatic carbocycles. The molecule has 0 saturated heterocycles. The van der Waals surface area contributed by atoms with E-state index in [1.807, 2.05) is 30.3 Å². The van der Waals surface area contributed by atoms with Crippen molar-refractivity contribution in [3.63, 3.8) is 0 Å². The first-order valence-electron chi connectivity index (χ1n) is 10.6. The highest BCUT2D eigenvalue weighted by atomic mass is 19.4. The van der Waals surface area contributed by atoms with Crippen molar-refractivity contribution < 1.29 is 32.3 Å². The molecule has 8 nitrogen and oxygen atoms in total. The zero-order valence-corrected chi connectivity index (χ0v) is 18.4. The monoisotopic (exact) mass is 487 g/mol. The Hall–Kier alpha value is -4.15. The first-order valence-corrected chi connectivity index (χ1v) is 10.6. The van der Waals surface area contributed by atoms with Crippen LogP contribution in [-0.4, -0.2) is 40.5 Å². The van der Waals surface area contributed by atoms with Crippen molar-refractivity contribution in [1.82, 2.24) is 9.97 Å².